The van der Waals surface area contributed by atoms with Crippen molar-refractivity contribution >= 4 is 32.7 Å². The lowest BCUT2D eigenvalue weighted by Gasteiger charge is -2.28. The highest BCUT2D eigenvalue weighted by Gasteiger charge is 2.40. The van der Waals surface area contributed by atoms with Crippen LogP contribution in [-0.2, 0) is 5.41 Å². The predicted molar refractivity (Wildman–Crippen MR) is 201 cm³/mol. The molecule has 0 radical (unpaired) electrons. The second kappa shape index (κ2) is 10.6. The monoisotopic (exact) mass is 626 g/mol. The summed E-state index contributed by atoms with van der Waals surface area (Å²) in [5, 5.41) is 4.47. The van der Waals surface area contributed by atoms with Crippen molar-refractivity contribution in [1.82, 2.24) is 9.97 Å². The Morgan fingerprint density at radius 1 is 0.449 bits per heavy atom. The molecule has 10 rings (SSSR count). The standard InChI is InChI=1S/C46H30N2O/c1-46(32-14-3-2-4-15-32)39-20-9-7-17-34(39)35-24-22-31(27-40(35)46)42-28-41(30-23-25-44-38(26-30)36-18-8-10-21-43(36)49-44)47-45(48-42)37-19-11-13-29-12-5-6-16-33(29)37/h2-28H,1H3. The highest BCUT2D eigenvalue weighted by molar-refractivity contribution is 6.06. The maximum absolute atomic E-state index is 6.17. The van der Waals surface area contributed by atoms with E-state index in [2.05, 4.69) is 159 Å². The number of aromatic nitrogens is 2. The lowest BCUT2D eigenvalue weighted by atomic mass is 9.74. The number of hydrogen-bond acceptors (Lipinski definition) is 3. The number of hydrogen-bond donors (Lipinski definition) is 0. The van der Waals surface area contributed by atoms with Crippen molar-refractivity contribution in [3.63, 3.8) is 0 Å². The summed E-state index contributed by atoms with van der Waals surface area (Å²) in [6.07, 6.45) is 0. The zero-order valence-electron chi connectivity index (χ0n) is 26.9. The Morgan fingerprint density at radius 2 is 1.08 bits per heavy atom. The molecule has 2 aromatic heterocycles. The molecule has 49 heavy (non-hydrogen) atoms. The highest BCUT2D eigenvalue weighted by atomic mass is 16.3. The van der Waals surface area contributed by atoms with Crippen LogP contribution in [0.5, 0.6) is 0 Å². The highest BCUT2D eigenvalue weighted by Crippen LogP contribution is 2.53. The average molecular weight is 627 g/mol. The van der Waals surface area contributed by atoms with Gasteiger partial charge in [-0.15, -0.1) is 0 Å². The van der Waals surface area contributed by atoms with Crippen LogP contribution in [0.2, 0.25) is 0 Å². The van der Waals surface area contributed by atoms with E-state index in [0.29, 0.717) is 5.82 Å². The SMILES string of the molecule is CC1(c2ccccc2)c2ccccc2-c2ccc(-c3cc(-c4ccc5oc6ccccc6c5c4)nc(-c4cccc5ccccc45)n3)cc21. The van der Waals surface area contributed by atoms with Gasteiger partial charge in [0.05, 0.1) is 11.4 Å². The Hall–Kier alpha value is -6.32. The van der Waals surface area contributed by atoms with E-state index in [-0.39, 0.29) is 5.41 Å². The van der Waals surface area contributed by atoms with Gasteiger partial charge in [0.25, 0.3) is 0 Å². The van der Waals surface area contributed by atoms with Gasteiger partial charge in [0.2, 0.25) is 0 Å². The first-order chi connectivity index (χ1) is 24.1. The zero-order valence-corrected chi connectivity index (χ0v) is 26.9. The van der Waals surface area contributed by atoms with Gasteiger partial charge in [0, 0.05) is 32.9 Å². The van der Waals surface area contributed by atoms with E-state index in [1.807, 2.05) is 12.1 Å². The Bertz CT molecular complexity index is 2740. The maximum atomic E-state index is 6.17. The molecule has 1 aliphatic rings. The van der Waals surface area contributed by atoms with Crippen molar-refractivity contribution < 1.29 is 4.42 Å². The number of rotatable bonds is 4. The molecular weight excluding hydrogens is 597 g/mol. The van der Waals surface area contributed by atoms with Gasteiger partial charge in [-0.3, -0.25) is 0 Å². The summed E-state index contributed by atoms with van der Waals surface area (Å²) in [6.45, 7) is 2.36. The van der Waals surface area contributed by atoms with Crippen molar-refractivity contribution in [3.05, 3.63) is 180 Å². The van der Waals surface area contributed by atoms with Gasteiger partial charge in [-0.05, 0) is 81.9 Å². The van der Waals surface area contributed by atoms with Crippen LogP contribution >= 0.6 is 0 Å². The zero-order chi connectivity index (χ0) is 32.5. The van der Waals surface area contributed by atoms with Crippen LogP contribution in [0.25, 0.3) is 77.7 Å². The average Bonchev–Trinajstić information content (AvgIpc) is 3.67. The number of nitrogens with zero attached hydrogens (tertiary/aromatic N) is 2. The van der Waals surface area contributed by atoms with Crippen LogP contribution in [0.15, 0.2) is 168 Å². The first kappa shape index (κ1) is 27.8. The van der Waals surface area contributed by atoms with Crippen molar-refractivity contribution in [3.8, 4) is 45.0 Å². The lowest BCUT2D eigenvalue weighted by Crippen LogP contribution is -2.22. The number of fused-ring (bicyclic) bond motifs is 7. The van der Waals surface area contributed by atoms with Crippen molar-refractivity contribution in [2.75, 3.05) is 0 Å². The summed E-state index contributed by atoms with van der Waals surface area (Å²) in [5.74, 6) is 0.705. The summed E-state index contributed by atoms with van der Waals surface area (Å²) in [6, 6.07) is 58.1. The van der Waals surface area contributed by atoms with E-state index >= 15 is 0 Å². The molecule has 0 saturated carbocycles. The summed E-state index contributed by atoms with van der Waals surface area (Å²) < 4.78 is 6.17. The number of furan rings is 1. The number of para-hydroxylation sites is 1. The Labute approximate surface area is 284 Å². The largest absolute Gasteiger partial charge is 0.456 e. The molecule has 0 spiro atoms. The van der Waals surface area contributed by atoms with Crippen molar-refractivity contribution in [2.45, 2.75) is 12.3 Å². The topological polar surface area (TPSA) is 38.9 Å². The molecule has 0 fully saturated rings. The molecule has 1 aliphatic carbocycles. The van der Waals surface area contributed by atoms with Crippen molar-refractivity contribution in [1.29, 1.82) is 0 Å². The summed E-state index contributed by atoms with van der Waals surface area (Å²) in [7, 11) is 0. The molecule has 9 aromatic rings. The van der Waals surface area contributed by atoms with Gasteiger partial charge >= 0.3 is 0 Å². The van der Waals surface area contributed by atoms with Gasteiger partial charge in [-0.2, -0.15) is 0 Å². The molecule has 230 valence electrons. The van der Waals surface area contributed by atoms with Crippen LogP contribution in [-0.4, -0.2) is 9.97 Å². The van der Waals surface area contributed by atoms with Gasteiger partial charge in [0.15, 0.2) is 5.82 Å². The molecule has 3 nitrogen and oxygen atoms in total. The van der Waals surface area contributed by atoms with Gasteiger partial charge in [0.1, 0.15) is 11.2 Å². The molecule has 0 aliphatic heterocycles. The first-order valence-electron chi connectivity index (χ1n) is 16.7. The smallest absolute Gasteiger partial charge is 0.161 e. The van der Waals surface area contributed by atoms with Gasteiger partial charge in [-0.1, -0.05) is 127 Å². The summed E-state index contributed by atoms with van der Waals surface area (Å²) in [5.41, 5.74) is 12.8. The van der Waals surface area contributed by atoms with E-state index in [0.717, 1.165) is 60.8 Å². The molecule has 2 heterocycles. The van der Waals surface area contributed by atoms with Gasteiger partial charge < -0.3 is 4.42 Å². The molecule has 7 aromatic carbocycles. The molecule has 0 N–H and O–H groups in total. The second-order valence-electron chi connectivity index (χ2n) is 13.1. The molecule has 3 heteroatoms. The third-order valence-corrected chi connectivity index (χ3v) is 10.4. The minimum atomic E-state index is -0.301. The van der Waals surface area contributed by atoms with Crippen LogP contribution in [0.1, 0.15) is 23.6 Å². The minimum Gasteiger partial charge on any atom is -0.456 e. The second-order valence-corrected chi connectivity index (χ2v) is 13.1. The third-order valence-electron chi connectivity index (χ3n) is 10.4. The fraction of sp³-hybridized carbons (Fsp3) is 0.0435. The third kappa shape index (κ3) is 4.22. The van der Waals surface area contributed by atoms with Crippen LogP contribution in [0.3, 0.4) is 0 Å². The Morgan fingerprint density at radius 3 is 1.96 bits per heavy atom. The summed E-state index contributed by atoms with van der Waals surface area (Å²) >= 11 is 0. The lowest BCUT2D eigenvalue weighted by molar-refractivity contribution is 0.669. The van der Waals surface area contributed by atoms with Crippen molar-refractivity contribution in [2.24, 2.45) is 0 Å². The fourth-order valence-electron chi connectivity index (χ4n) is 7.90. The Balaban J connectivity index is 1.21. The molecule has 0 saturated heterocycles. The van der Waals surface area contributed by atoms with Crippen LogP contribution in [0.4, 0.5) is 0 Å². The van der Waals surface area contributed by atoms with E-state index in [1.165, 1.54) is 27.8 Å². The van der Waals surface area contributed by atoms with E-state index in [9.17, 15) is 0 Å². The quantitative estimate of drug-likeness (QED) is 0.195. The Kier molecular flexibility index (Phi) is 6.00. The minimum absolute atomic E-state index is 0.301. The van der Waals surface area contributed by atoms with E-state index in [1.54, 1.807) is 0 Å². The summed E-state index contributed by atoms with van der Waals surface area (Å²) in [4.78, 5) is 10.6. The van der Waals surface area contributed by atoms with E-state index < -0.39 is 0 Å². The normalized spacial score (nSPS) is 15.1. The van der Waals surface area contributed by atoms with E-state index in [4.69, 9.17) is 14.4 Å². The maximum Gasteiger partial charge on any atom is 0.161 e. The van der Waals surface area contributed by atoms with Gasteiger partial charge in [-0.25, -0.2) is 9.97 Å². The fourth-order valence-corrected chi connectivity index (χ4v) is 7.90. The predicted octanol–water partition coefficient (Wildman–Crippen LogP) is 11.9. The first-order valence-corrected chi connectivity index (χ1v) is 16.7. The molecule has 1 unspecified atom stereocenters. The molecular formula is C46H30N2O. The number of benzene rings is 7. The van der Waals surface area contributed by atoms with Crippen LogP contribution in [0, 0.1) is 0 Å². The molecule has 0 amide bonds. The molecule has 1 atom stereocenters. The van der Waals surface area contributed by atoms with Crippen LogP contribution < -0.4 is 0 Å². The molecule has 0 bridgehead atoms.